The number of aliphatic hydroxyl groups is 1. The number of aromatic nitrogens is 4. The molecule has 8 nitrogen and oxygen atoms in total. The van der Waals surface area contributed by atoms with Crippen LogP contribution >= 0.6 is 0 Å². The Labute approximate surface area is 179 Å². The summed E-state index contributed by atoms with van der Waals surface area (Å²) in [6, 6.07) is 9.32. The van der Waals surface area contributed by atoms with Crippen LogP contribution in [0.3, 0.4) is 0 Å². The maximum absolute atomic E-state index is 13.0. The van der Waals surface area contributed by atoms with Crippen LogP contribution in [0.1, 0.15) is 22.5 Å². The molecular weight excluding hydrogens is 392 g/mol. The molecule has 0 bridgehead atoms. The number of aromatic amines is 1. The molecule has 31 heavy (non-hydrogen) atoms. The second kappa shape index (κ2) is 7.31. The molecular formula is C23H24N6O2. The molecule has 3 aromatic heterocycles. The minimum absolute atomic E-state index is 0.127. The highest BCUT2D eigenvalue weighted by atomic mass is 16.3. The molecule has 0 spiro atoms. The van der Waals surface area contributed by atoms with E-state index in [-0.39, 0.29) is 12.5 Å². The Balaban J connectivity index is 1.34. The van der Waals surface area contributed by atoms with Crippen LogP contribution in [0, 0.1) is 6.92 Å². The van der Waals surface area contributed by atoms with Gasteiger partial charge in [0.15, 0.2) is 0 Å². The van der Waals surface area contributed by atoms with Crippen LogP contribution in [0.15, 0.2) is 49.1 Å². The van der Waals surface area contributed by atoms with Crippen molar-refractivity contribution in [3.05, 3.63) is 60.3 Å². The molecule has 1 unspecified atom stereocenters. The average Bonchev–Trinajstić information content (AvgIpc) is 3.38. The number of rotatable bonds is 4. The summed E-state index contributed by atoms with van der Waals surface area (Å²) in [4.78, 5) is 32.8. The minimum atomic E-state index is -0.992. The van der Waals surface area contributed by atoms with Crippen LogP contribution < -0.4 is 4.90 Å². The summed E-state index contributed by atoms with van der Waals surface area (Å²) >= 11 is 0. The van der Waals surface area contributed by atoms with E-state index in [2.05, 4.69) is 24.8 Å². The lowest BCUT2D eigenvalue weighted by atomic mass is 10.0. The van der Waals surface area contributed by atoms with Crippen LogP contribution in [-0.4, -0.2) is 68.1 Å². The first-order valence-electron chi connectivity index (χ1n) is 10.3. The molecule has 0 aliphatic carbocycles. The second-order valence-electron chi connectivity index (χ2n) is 8.37. The maximum atomic E-state index is 13.0. The first-order chi connectivity index (χ1) is 14.9. The number of pyridine rings is 2. The van der Waals surface area contributed by atoms with Gasteiger partial charge in [0, 0.05) is 54.9 Å². The molecule has 1 aliphatic rings. The second-order valence-corrected chi connectivity index (χ2v) is 8.37. The van der Waals surface area contributed by atoms with E-state index in [0.717, 1.165) is 33.3 Å². The monoisotopic (exact) mass is 416 g/mol. The topological polar surface area (TPSA) is 98.2 Å². The van der Waals surface area contributed by atoms with Gasteiger partial charge >= 0.3 is 0 Å². The fourth-order valence-corrected chi connectivity index (χ4v) is 4.43. The number of H-pyrrole nitrogens is 1. The lowest BCUT2D eigenvalue weighted by Crippen LogP contribution is -2.45. The Bertz CT molecular complexity index is 1290. The van der Waals surface area contributed by atoms with Crippen LogP contribution in [-0.2, 0) is 0 Å². The van der Waals surface area contributed by atoms with Gasteiger partial charge in [-0.15, -0.1) is 0 Å². The molecule has 1 saturated heterocycles. The normalized spacial score (nSPS) is 18.7. The predicted octanol–water partition coefficient (Wildman–Crippen LogP) is 2.53. The summed E-state index contributed by atoms with van der Waals surface area (Å²) in [5.41, 5.74) is 4.04. The van der Waals surface area contributed by atoms with E-state index < -0.39 is 5.60 Å². The van der Waals surface area contributed by atoms with Gasteiger partial charge in [-0.2, -0.15) is 0 Å². The van der Waals surface area contributed by atoms with Crippen molar-refractivity contribution in [2.75, 3.05) is 31.6 Å². The Morgan fingerprint density at radius 3 is 3.03 bits per heavy atom. The number of nitrogens with zero attached hydrogens (tertiary/aromatic N) is 5. The Morgan fingerprint density at radius 1 is 1.29 bits per heavy atom. The van der Waals surface area contributed by atoms with Crippen molar-refractivity contribution < 1.29 is 9.90 Å². The largest absolute Gasteiger partial charge is 0.386 e. The first-order valence-corrected chi connectivity index (χ1v) is 10.3. The van der Waals surface area contributed by atoms with E-state index in [1.54, 1.807) is 36.6 Å². The zero-order valence-corrected chi connectivity index (χ0v) is 17.5. The molecule has 1 amide bonds. The molecule has 0 saturated carbocycles. The van der Waals surface area contributed by atoms with Gasteiger partial charge in [0.25, 0.3) is 5.91 Å². The Hall–Kier alpha value is -3.52. The smallest absolute Gasteiger partial charge is 0.253 e. The molecule has 4 aromatic rings. The van der Waals surface area contributed by atoms with E-state index in [1.807, 2.05) is 31.3 Å². The van der Waals surface area contributed by atoms with Crippen molar-refractivity contribution in [1.29, 1.82) is 0 Å². The van der Waals surface area contributed by atoms with E-state index in [4.69, 9.17) is 0 Å². The lowest BCUT2D eigenvalue weighted by Gasteiger charge is -2.29. The number of aryl methyl sites for hydroxylation is 1. The van der Waals surface area contributed by atoms with E-state index in [0.29, 0.717) is 25.1 Å². The van der Waals surface area contributed by atoms with Crippen molar-refractivity contribution in [2.45, 2.75) is 18.9 Å². The third-order valence-corrected chi connectivity index (χ3v) is 5.93. The van der Waals surface area contributed by atoms with Gasteiger partial charge in [0.2, 0.25) is 0 Å². The Kier molecular flexibility index (Phi) is 4.59. The fourth-order valence-electron chi connectivity index (χ4n) is 4.43. The SMILES string of the molecule is Cc1cc(N2CCC(O)(CN(C)C(=O)c3ccc4nc[nH]c4c3)C2)c2cnccc2n1. The van der Waals surface area contributed by atoms with E-state index >= 15 is 0 Å². The number of β-amino-alcohol motifs (C(OH)–C–C–N with tert-alkyl or cyclic N) is 1. The van der Waals surface area contributed by atoms with Crippen molar-refractivity contribution in [2.24, 2.45) is 0 Å². The molecule has 8 heteroatoms. The number of anilines is 1. The van der Waals surface area contributed by atoms with Crippen molar-refractivity contribution in [3.8, 4) is 0 Å². The number of hydrogen-bond acceptors (Lipinski definition) is 6. The third-order valence-electron chi connectivity index (χ3n) is 5.93. The molecule has 158 valence electrons. The molecule has 5 rings (SSSR count). The van der Waals surface area contributed by atoms with Crippen LogP contribution in [0.5, 0.6) is 0 Å². The van der Waals surface area contributed by atoms with E-state index in [9.17, 15) is 9.90 Å². The number of carbonyl (C=O) groups is 1. The van der Waals surface area contributed by atoms with Gasteiger partial charge in [-0.25, -0.2) is 4.98 Å². The van der Waals surface area contributed by atoms with Gasteiger partial charge in [-0.3, -0.25) is 14.8 Å². The average molecular weight is 416 g/mol. The zero-order chi connectivity index (χ0) is 21.6. The number of nitrogens with one attached hydrogen (secondary N) is 1. The van der Waals surface area contributed by atoms with Crippen LogP contribution in [0.25, 0.3) is 21.9 Å². The quantitative estimate of drug-likeness (QED) is 0.531. The predicted molar refractivity (Wildman–Crippen MR) is 119 cm³/mol. The number of fused-ring (bicyclic) bond motifs is 2. The molecule has 0 radical (unpaired) electrons. The molecule has 1 aliphatic heterocycles. The van der Waals surface area contributed by atoms with E-state index in [1.165, 1.54) is 0 Å². The highest BCUT2D eigenvalue weighted by Gasteiger charge is 2.38. The summed E-state index contributed by atoms with van der Waals surface area (Å²) < 4.78 is 0. The standard InChI is InChI=1S/C23H24N6O2/c1-15-9-21(17-11-24-7-5-18(17)27-15)29-8-6-23(31,13-29)12-28(2)22(30)16-3-4-19-20(10-16)26-14-25-19/h3-5,7,9-11,14,31H,6,8,12-13H2,1-2H3,(H,25,26). The van der Waals surface area contributed by atoms with Crippen molar-refractivity contribution in [1.82, 2.24) is 24.8 Å². The highest BCUT2D eigenvalue weighted by molar-refractivity contribution is 5.97. The number of hydrogen-bond donors (Lipinski definition) is 2. The van der Waals surface area contributed by atoms with Crippen LogP contribution in [0.4, 0.5) is 5.69 Å². The molecule has 1 fully saturated rings. The number of likely N-dealkylation sites (N-methyl/N-ethyl adjacent to an activating group) is 1. The summed E-state index contributed by atoms with van der Waals surface area (Å²) in [5.74, 6) is -0.127. The van der Waals surface area contributed by atoms with Gasteiger partial charge < -0.3 is 19.9 Å². The molecule has 2 N–H and O–H groups in total. The fraction of sp³-hybridized carbons (Fsp3) is 0.304. The summed E-state index contributed by atoms with van der Waals surface area (Å²) in [5, 5.41) is 12.3. The van der Waals surface area contributed by atoms with Crippen molar-refractivity contribution in [3.63, 3.8) is 0 Å². The molecule has 1 atom stereocenters. The first kappa shape index (κ1) is 19.4. The molecule has 4 heterocycles. The number of carbonyl (C=O) groups excluding carboxylic acids is 1. The highest BCUT2D eigenvalue weighted by Crippen LogP contribution is 2.32. The minimum Gasteiger partial charge on any atom is -0.386 e. The summed E-state index contributed by atoms with van der Waals surface area (Å²) in [7, 11) is 1.73. The number of imidazole rings is 1. The van der Waals surface area contributed by atoms with Gasteiger partial charge in [-0.05, 0) is 43.7 Å². The number of amides is 1. The lowest BCUT2D eigenvalue weighted by molar-refractivity contribution is 0.0265. The van der Waals surface area contributed by atoms with Gasteiger partial charge in [0.05, 0.1) is 29.4 Å². The third kappa shape index (κ3) is 3.59. The van der Waals surface area contributed by atoms with Crippen LogP contribution in [0.2, 0.25) is 0 Å². The Morgan fingerprint density at radius 2 is 2.16 bits per heavy atom. The van der Waals surface area contributed by atoms with Crippen molar-refractivity contribution >= 4 is 33.5 Å². The number of benzene rings is 1. The van der Waals surface area contributed by atoms with Gasteiger partial charge in [-0.1, -0.05) is 0 Å². The summed E-state index contributed by atoms with van der Waals surface area (Å²) in [6.07, 6.45) is 5.74. The maximum Gasteiger partial charge on any atom is 0.253 e. The van der Waals surface area contributed by atoms with Gasteiger partial charge in [0.1, 0.15) is 5.60 Å². The molecule has 1 aromatic carbocycles. The zero-order valence-electron chi connectivity index (χ0n) is 17.5. The summed E-state index contributed by atoms with van der Waals surface area (Å²) in [6.45, 7) is 3.36.